The summed E-state index contributed by atoms with van der Waals surface area (Å²) in [6.45, 7) is 6.34. The molecule has 1 saturated heterocycles. The molecule has 0 amide bonds. The fourth-order valence-corrected chi connectivity index (χ4v) is 5.07. The predicted octanol–water partition coefficient (Wildman–Crippen LogP) is 3.59. The molecule has 1 aromatic carbocycles. The van der Waals surface area contributed by atoms with Crippen LogP contribution >= 0.6 is 11.6 Å². The summed E-state index contributed by atoms with van der Waals surface area (Å²) in [5.74, 6) is 1.19. The Balaban J connectivity index is 1.59. The Morgan fingerprint density at radius 2 is 1.93 bits per heavy atom. The number of nitrogens with zero attached hydrogens (tertiary/aromatic N) is 4. The van der Waals surface area contributed by atoms with Crippen LogP contribution in [0.5, 0.6) is 0 Å². The Morgan fingerprint density at radius 1 is 1.18 bits per heavy atom. The predicted molar refractivity (Wildman–Crippen MR) is 110 cm³/mol. The van der Waals surface area contributed by atoms with E-state index in [1.54, 1.807) is 16.4 Å². The van der Waals surface area contributed by atoms with Gasteiger partial charge in [-0.15, -0.1) is 10.2 Å². The zero-order chi connectivity index (χ0) is 20.1. The first-order valence-electron chi connectivity index (χ1n) is 9.72. The summed E-state index contributed by atoms with van der Waals surface area (Å²) in [5, 5.41) is 8.93. The standard InChI is InChI=1S/C19H27ClN4O3S/c1-3-4-5-13-28(25,26)24-11-9-23(10-12-24)15(2)18-21-22-19(27-18)16-7-6-8-17(20)14-16/h6-8,14-15H,3-5,9-13H2,1-2H3. The fourth-order valence-electron chi connectivity index (χ4n) is 3.33. The van der Waals surface area contributed by atoms with E-state index in [9.17, 15) is 8.42 Å². The molecule has 1 atom stereocenters. The molecule has 1 unspecified atom stereocenters. The molecule has 0 radical (unpaired) electrons. The van der Waals surface area contributed by atoms with Crippen molar-refractivity contribution in [2.45, 2.75) is 39.2 Å². The van der Waals surface area contributed by atoms with Crippen molar-refractivity contribution in [1.29, 1.82) is 0 Å². The lowest BCUT2D eigenvalue weighted by molar-refractivity contribution is 0.129. The molecule has 0 spiro atoms. The van der Waals surface area contributed by atoms with Gasteiger partial charge in [0.15, 0.2) is 0 Å². The van der Waals surface area contributed by atoms with E-state index in [2.05, 4.69) is 22.0 Å². The molecular formula is C19H27ClN4O3S. The Kier molecular flexibility index (Phi) is 7.09. The van der Waals surface area contributed by atoms with Crippen molar-refractivity contribution in [3.63, 3.8) is 0 Å². The lowest BCUT2D eigenvalue weighted by atomic mass is 10.2. The van der Waals surface area contributed by atoms with E-state index in [1.165, 1.54) is 0 Å². The van der Waals surface area contributed by atoms with Gasteiger partial charge in [0.1, 0.15) is 0 Å². The van der Waals surface area contributed by atoms with Crippen LogP contribution in [0.2, 0.25) is 5.02 Å². The quantitative estimate of drug-likeness (QED) is 0.600. The highest BCUT2D eigenvalue weighted by Gasteiger charge is 2.30. The van der Waals surface area contributed by atoms with E-state index in [0.717, 1.165) is 24.8 Å². The van der Waals surface area contributed by atoms with Crippen molar-refractivity contribution in [3.05, 3.63) is 35.2 Å². The van der Waals surface area contributed by atoms with E-state index in [0.29, 0.717) is 43.0 Å². The molecule has 9 heteroatoms. The molecule has 1 fully saturated rings. The third-order valence-corrected chi connectivity index (χ3v) is 7.28. The smallest absolute Gasteiger partial charge is 0.247 e. The molecule has 0 saturated carbocycles. The van der Waals surface area contributed by atoms with Gasteiger partial charge in [-0.25, -0.2) is 8.42 Å². The van der Waals surface area contributed by atoms with Crippen LogP contribution in [0.25, 0.3) is 11.5 Å². The Hall–Kier alpha value is -1.48. The summed E-state index contributed by atoms with van der Waals surface area (Å²) in [5.41, 5.74) is 0.779. The van der Waals surface area contributed by atoms with Crippen molar-refractivity contribution in [1.82, 2.24) is 19.4 Å². The van der Waals surface area contributed by atoms with Gasteiger partial charge in [-0.3, -0.25) is 4.90 Å². The third-order valence-electron chi connectivity index (χ3n) is 5.09. The van der Waals surface area contributed by atoms with Crippen LogP contribution in [0.15, 0.2) is 28.7 Å². The Morgan fingerprint density at radius 3 is 2.61 bits per heavy atom. The van der Waals surface area contributed by atoms with Crippen LogP contribution in [0, 0.1) is 0 Å². The molecule has 1 aliphatic heterocycles. The maximum absolute atomic E-state index is 12.5. The zero-order valence-corrected chi connectivity index (χ0v) is 17.9. The SMILES string of the molecule is CCCCCS(=O)(=O)N1CCN(C(C)c2nnc(-c3cccc(Cl)c3)o2)CC1. The van der Waals surface area contributed by atoms with E-state index in [1.807, 2.05) is 19.1 Å². The molecule has 28 heavy (non-hydrogen) atoms. The number of rotatable bonds is 8. The maximum Gasteiger partial charge on any atom is 0.247 e. The molecule has 2 aromatic rings. The van der Waals surface area contributed by atoms with Gasteiger partial charge in [-0.2, -0.15) is 4.31 Å². The van der Waals surface area contributed by atoms with Gasteiger partial charge in [0.2, 0.25) is 21.8 Å². The summed E-state index contributed by atoms with van der Waals surface area (Å²) >= 11 is 6.02. The van der Waals surface area contributed by atoms with Gasteiger partial charge in [0.25, 0.3) is 0 Å². The topological polar surface area (TPSA) is 79.5 Å². The normalized spacial score (nSPS) is 17.7. The van der Waals surface area contributed by atoms with Crippen LogP contribution in [0.3, 0.4) is 0 Å². The second-order valence-corrected chi connectivity index (χ2v) is 9.61. The highest BCUT2D eigenvalue weighted by atomic mass is 35.5. The second-order valence-electron chi connectivity index (χ2n) is 7.09. The van der Waals surface area contributed by atoms with Crippen LogP contribution in [-0.4, -0.2) is 59.8 Å². The van der Waals surface area contributed by atoms with Gasteiger partial charge in [-0.05, 0) is 31.5 Å². The molecular weight excluding hydrogens is 400 g/mol. The first-order chi connectivity index (χ1) is 13.4. The lowest BCUT2D eigenvalue weighted by Gasteiger charge is -2.36. The van der Waals surface area contributed by atoms with Crippen molar-refractivity contribution in [2.75, 3.05) is 31.9 Å². The minimum Gasteiger partial charge on any atom is -0.419 e. The average molecular weight is 427 g/mol. The molecule has 3 rings (SSSR count). The molecule has 0 aliphatic carbocycles. The summed E-state index contributed by atoms with van der Waals surface area (Å²) in [6, 6.07) is 7.21. The second kappa shape index (κ2) is 9.35. The monoisotopic (exact) mass is 426 g/mol. The van der Waals surface area contributed by atoms with E-state index < -0.39 is 10.0 Å². The van der Waals surface area contributed by atoms with Crippen molar-refractivity contribution < 1.29 is 12.8 Å². The van der Waals surface area contributed by atoms with Gasteiger partial charge < -0.3 is 4.42 Å². The van der Waals surface area contributed by atoms with Crippen LogP contribution in [0.1, 0.15) is 45.0 Å². The fraction of sp³-hybridized carbons (Fsp3) is 0.579. The highest BCUT2D eigenvalue weighted by Crippen LogP contribution is 2.26. The minimum atomic E-state index is -3.16. The third kappa shape index (κ3) is 5.11. The van der Waals surface area contributed by atoms with Gasteiger partial charge in [-0.1, -0.05) is 37.4 Å². The first-order valence-corrected chi connectivity index (χ1v) is 11.7. The van der Waals surface area contributed by atoms with Crippen LogP contribution in [0.4, 0.5) is 0 Å². The van der Waals surface area contributed by atoms with Crippen molar-refractivity contribution in [3.8, 4) is 11.5 Å². The van der Waals surface area contributed by atoms with Gasteiger partial charge in [0.05, 0.1) is 11.8 Å². The van der Waals surface area contributed by atoms with Crippen LogP contribution < -0.4 is 0 Å². The Labute approximate surface area is 171 Å². The number of hydrogen-bond acceptors (Lipinski definition) is 6. The molecule has 1 aromatic heterocycles. The first kappa shape index (κ1) is 21.2. The number of aromatic nitrogens is 2. The highest BCUT2D eigenvalue weighted by molar-refractivity contribution is 7.89. The molecule has 7 nitrogen and oxygen atoms in total. The minimum absolute atomic E-state index is 0.0784. The van der Waals surface area contributed by atoms with E-state index >= 15 is 0 Å². The Bertz CT molecular complexity index is 879. The number of benzene rings is 1. The zero-order valence-electron chi connectivity index (χ0n) is 16.3. The number of halogens is 1. The molecule has 1 aliphatic rings. The molecule has 0 N–H and O–H groups in total. The largest absolute Gasteiger partial charge is 0.419 e. The summed E-state index contributed by atoms with van der Waals surface area (Å²) < 4.78 is 32.4. The van der Waals surface area contributed by atoms with Gasteiger partial charge >= 0.3 is 0 Å². The summed E-state index contributed by atoms with van der Waals surface area (Å²) in [4.78, 5) is 2.17. The van der Waals surface area contributed by atoms with Crippen molar-refractivity contribution in [2.24, 2.45) is 0 Å². The lowest BCUT2D eigenvalue weighted by Crippen LogP contribution is -2.49. The summed E-state index contributed by atoms with van der Waals surface area (Å²) in [6.07, 6.45) is 2.69. The number of unbranched alkanes of at least 4 members (excludes halogenated alkanes) is 2. The number of sulfonamides is 1. The van der Waals surface area contributed by atoms with E-state index in [-0.39, 0.29) is 11.8 Å². The maximum atomic E-state index is 12.5. The number of hydrogen-bond donors (Lipinski definition) is 0. The van der Waals surface area contributed by atoms with Crippen molar-refractivity contribution >= 4 is 21.6 Å². The van der Waals surface area contributed by atoms with Crippen LogP contribution in [-0.2, 0) is 10.0 Å². The summed E-state index contributed by atoms with van der Waals surface area (Å²) in [7, 11) is -3.16. The number of piperazine rings is 1. The average Bonchev–Trinajstić information content (AvgIpc) is 3.18. The molecule has 154 valence electrons. The molecule has 2 heterocycles. The molecule has 0 bridgehead atoms. The van der Waals surface area contributed by atoms with E-state index in [4.69, 9.17) is 16.0 Å². The van der Waals surface area contributed by atoms with Gasteiger partial charge in [0, 0.05) is 36.8 Å².